The molecular formula is C9H11NO5S. The largest absolute Gasteiger partial charge is 0.425 e. The maximum Gasteiger partial charge on any atom is 0.328 e. The van der Waals surface area contributed by atoms with E-state index >= 15 is 0 Å². The molecule has 0 fully saturated rings. The number of carbonyl (C=O) groups is 1. The Hall–Kier alpha value is -1.44. The normalized spacial score (nSPS) is 13.2. The Morgan fingerprint density at radius 2 is 1.88 bits per heavy atom. The highest BCUT2D eigenvalue weighted by atomic mass is 32.2. The van der Waals surface area contributed by atoms with Gasteiger partial charge in [0.2, 0.25) is 0 Å². The fourth-order valence-electron chi connectivity index (χ4n) is 0.889. The summed E-state index contributed by atoms with van der Waals surface area (Å²) >= 11 is 0. The van der Waals surface area contributed by atoms with Gasteiger partial charge in [-0.05, 0) is 31.2 Å². The summed E-state index contributed by atoms with van der Waals surface area (Å²) in [6.07, 6.45) is 0. The van der Waals surface area contributed by atoms with Gasteiger partial charge < -0.3 is 10.5 Å². The average Bonchev–Trinajstić information content (AvgIpc) is 2.17. The second-order valence-electron chi connectivity index (χ2n) is 3.16. The number of hydrogen-bond acceptors (Lipinski definition) is 5. The first kappa shape index (κ1) is 12.6. The van der Waals surface area contributed by atoms with E-state index in [0.717, 1.165) is 12.1 Å². The molecule has 1 aromatic carbocycles. The van der Waals surface area contributed by atoms with Gasteiger partial charge in [0.05, 0.1) is 4.90 Å². The Bertz CT molecular complexity index is 477. The molecule has 0 aliphatic heterocycles. The molecule has 88 valence electrons. The van der Waals surface area contributed by atoms with Gasteiger partial charge in [0.15, 0.2) is 0 Å². The molecule has 0 heterocycles. The molecule has 7 heteroatoms. The fourth-order valence-corrected chi connectivity index (χ4v) is 1.37. The van der Waals surface area contributed by atoms with Gasteiger partial charge in [0.1, 0.15) is 11.8 Å². The minimum atomic E-state index is -4.23. The Labute approximate surface area is 92.8 Å². The molecular weight excluding hydrogens is 234 g/mol. The summed E-state index contributed by atoms with van der Waals surface area (Å²) in [7, 11) is -4.23. The molecule has 1 atom stereocenters. The molecule has 0 saturated heterocycles. The summed E-state index contributed by atoms with van der Waals surface area (Å²) in [5.74, 6) is -0.464. The van der Waals surface area contributed by atoms with Crippen LogP contribution in [-0.2, 0) is 14.9 Å². The minimum Gasteiger partial charge on any atom is -0.425 e. The summed E-state index contributed by atoms with van der Waals surface area (Å²) in [4.78, 5) is 10.8. The molecule has 16 heavy (non-hydrogen) atoms. The van der Waals surface area contributed by atoms with Gasteiger partial charge >= 0.3 is 5.97 Å². The summed E-state index contributed by atoms with van der Waals surface area (Å²) in [6, 6.07) is 3.99. The van der Waals surface area contributed by atoms with E-state index < -0.39 is 22.1 Å². The zero-order valence-electron chi connectivity index (χ0n) is 8.45. The topological polar surface area (TPSA) is 107 Å². The van der Waals surface area contributed by atoms with Crippen molar-refractivity contribution in [2.24, 2.45) is 5.73 Å². The van der Waals surface area contributed by atoms with Crippen molar-refractivity contribution in [3.63, 3.8) is 0 Å². The number of hydrogen-bond donors (Lipinski definition) is 2. The van der Waals surface area contributed by atoms with Crippen LogP contribution >= 0.6 is 0 Å². The maximum absolute atomic E-state index is 11.1. The Kier molecular flexibility index (Phi) is 3.63. The van der Waals surface area contributed by atoms with Crippen LogP contribution in [0.4, 0.5) is 0 Å². The van der Waals surface area contributed by atoms with Crippen LogP contribution in [0, 0.1) is 0 Å². The molecule has 1 aromatic rings. The minimum absolute atomic E-state index is 0.162. The molecule has 1 rings (SSSR count). The van der Waals surface area contributed by atoms with Crippen molar-refractivity contribution in [1.82, 2.24) is 0 Å². The highest BCUT2D eigenvalue weighted by Gasteiger charge is 2.12. The van der Waals surface area contributed by atoms with Crippen LogP contribution in [0.5, 0.6) is 5.75 Å². The van der Waals surface area contributed by atoms with E-state index in [-0.39, 0.29) is 10.6 Å². The van der Waals surface area contributed by atoms with Crippen molar-refractivity contribution in [3.05, 3.63) is 24.3 Å². The smallest absolute Gasteiger partial charge is 0.328 e. The quantitative estimate of drug-likeness (QED) is 0.447. The monoisotopic (exact) mass is 245 g/mol. The number of nitrogens with two attached hydrogens (primary N) is 1. The zero-order valence-corrected chi connectivity index (χ0v) is 9.27. The van der Waals surface area contributed by atoms with E-state index in [2.05, 4.69) is 0 Å². The molecule has 0 radical (unpaired) electrons. The first-order valence-electron chi connectivity index (χ1n) is 4.35. The predicted molar refractivity (Wildman–Crippen MR) is 55.5 cm³/mol. The molecule has 6 nitrogen and oxygen atoms in total. The van der Waals surface area contributed by atoms with Crippen LogP contribution in [-0.4, -0.2) is 25.0 Å². The van der Waals surface area contributed by atoms with Crippen molar-refractivity contribution < 1.29 is 22.5 Å². The molecule has 0 aromatic heterocycles. The second-order valence-corrected chi connectivity index (χ2v) is 4.58. The summed E-state index contributed by atoms with van der Waals surface area (Å²) in [6.45, 7) is 1.47. The van der Waals surface area contributed by atoms with Gasteiger partial charge in [-0.15, -0.1) is 0 Å². The lowest BCUT2D eigenvalue weighted by atomic mass is 10.3. The predicted octanol–water partition coefficient (Wildman–Crippen LogP) is 0.186. The lowest BCUT2D eigenvalue weighted by Gasteiger charge is -2.06. The van der Waals surface area contributed by atoms with Gasteiger partial charge in [-0.3, -0.25) is 4.55 Å². The van der Waals surface area contributed by atoms with Gasteiger partial charge in [0, 0.05) is 0 Å². The number of rotatable bonds is 3. The van der Waals surface area contributed by atoms with Crippen LogP contribution in [0.1, 0.15) is 6.92 Å². The maximum atomic E-state index is 11.1. The third kappa shape index (κ3) is 3.30. The van der Waals surface area contributed by atoms with E-state index in [1.807, 2.05) is 0 Å². The molecule has 0 saturated carbocycles. The van der Waals surface area contributed by atoms with Crippen LogP contribution < -0.4 is 10.5 Å². The molecule has 0 aliphatic carbocycles. The first-order chi connectivity index (χ1) is 7.30. The fraction of sp³-hybridized carbons (Fsp3) is 0.222. The van der Waals surface area contributed by atoms with E-state index in [4.69, 9.17) is 15.0 Å². The summed E-state index contributed by atoms with van der Waals surface area (Å²) in [5.41, 5.74) is 5.27. The van der Waals surface area contributed by atoms with Crippen LogP contribution in [0.15, 0.2) is 29.2 Å². The second kappa shape index (κ2) is 4.60. The summed E-state index contributed by atoms with van der Waals surface area (Å²) in [5, 5.41) is 0. The molecule has 0 aliphatic rings. The number of esters is 1. The highest BCUT2D eigenvalue weighted by Crippen LogP contribution is 2.15. The van der Waals surface area contributed by atoms with Crippen LogP contribution in [0.2, 0.25) is 0 Å². The van der Waals surface area contributed by atoms with E-state index in [1.54, 1.807) is 0 Å². The van der Waals surface area contributed by atoms with Crippen LogP contribution in [0.25, 0.3) is 0 Å². The zero-order chi connectivity index (χ0) is 12.3. The van der Waals surface area contributed by atoms with Crippen molar-refractivity contribution in [2.45, 2.75) is 17.9 Å². The standard InChI is InChI=1S/C9H11NO5S/c1-6(10)9(11)15-7-2-4-8(5-3-7)16(12,13)14/h2-6H,10H2,1H3,(H,12,13,14)/t6-/m0/s1. The molecule has 0 spiro atoms. The molecule has 0 amide bonds. The van der Waals surface area contributed by atoms with Crippen molar-refractivity contribution in [1.29, 1.82) is 0 Å². The van der Waals surface area contributed by atoms with Crippen molar-refractivity contribution in [3.8, 4) is 5.75 Å². The Balaban J connectivity index is 2.84. The average molecular weight is 245 g/mol. The van der Waals surface area contributed by atoms with E-state index in [9.17, 15) is 13.2 Å². The number of benzene rings is 1. The van der Waals surface area contributed by atoms with Crippen molar-refractivity contribution >= 4 is 16.1 Å². The molecule has 0 unspecified atom stereocenters. The lowest BCUT2D eigenvalue weighted by molar-refractivity contribution is -0.135. The van der Waals surface area contributed by atoms with Gasteiger partial charge in [-0.25, -0.2) is 4.79 Å². The lowest BCUT2D eigenvalue weighted by Crippen LogP contribution is -2.30. The van der Waals surface area contributed by atoms with E-state index in [0.29, 0.717) is 0 Å². The van der Waals surface area contributed by atoms with Crippen LogP contribution in [0.3, 0.4) is 0 Å². The van der Waals surface area contributed by atoms with Crippen molar-refractivity contribution in [2.75, 3.05) is 0 Å². The van der Waals surface area contributed by atoms with E-state index in [1.165, 1.54) is 19.1 Å². The van der Waals surface area contributed by atoms with Gasteiger partial charge in [-0.1, -0.05) is 0 Å². The first-order valence-corrected chi connectivity index (χ1v) is 5.79. The number of carbonyl (C=O) groups excluding carboxylic acids is 1. The number of ether oxygens (including phenoxy) is 1. The Morgan fingerprint density at radius 1 is 1.38 bits per heavy atom. The molecule has 0 bridgehead atoms. The highest BCUT2D eigenvalue weighted by molar-refractivity contribution is 7.85. The Morgan fingerprint density at radius 3 is 2.25 bits per heavy atom. The summed E-state index contributed by atoms with van der Waals surface area (Å²) < 4.78 is 34.9. The molecule has 3 N–H and O–H groups in total. The van der Waals surface area contributed by atoms with Gasteiger partial charge in [-0.2, -0.15) is 8.42 Å². The SMILES string of the molecule is C[C@H](N)C(=O)Oc1ccc(S(=O)(=O)O)cc1. The third-order valence-electron chi connectivity index (χ3n) is 1.71. The van der Waals surface area contributed by atoms with Gasteiger partial charge in [0.25, 0.3) is 10.1 Å². The third-order valence-corrected chi connectivity index (χ3v) is 2.58.